The zero-order valence-corrected chi connectivity index (χ0v) is 15.0. The minimum atomic E-state index is -0.458. The molecular formula is C22H19FN2O2. The molecule has 1 aliphatic heterocycles. The van der Waals surface area contributed by atoms with Crippen LogP contribution in [0.3, 0.4) is 0 Å². The average molecular weight is 362 g/mol. The summed E-state index contributed by atoms with van der Waals surface area (Å²) < 4.78 is 13.4. The van der Waals surface area contributed by atoms with Crippen molar-refractivity contribution in [1.82, 2.24) is 0 Å². The summed E-state index contributed by atoms with van der Waals surface area (Å²) in [5, 5.41) is 4.51. The van der Waals surface area contributed by atoms with E-state index in [1.807, 2.05) is 24.3 Å². The van der Waals surface area contributed by atoms with Crippen LogP contribution in [0.5, 0.6) is 0 Å². The number of hydrogen-bond donors (Lipinski definition) is 1. The highest BCUT2D eigenvalue weighted by Gasteiger charge is 2.30. The van der Waals surface area contributed by atoms with Crippen LogP contribution in [0.15, 0.2) is 54.6 Å². The number of carbonyl (C=O) groups excluding carboxylic acids is 2. The van der Waals surface area contributed by atoms with Crippen molar-refractivity contribution in [3.63, 3.8) is 0 Å². The highest BCUT2D eigenvalue weighted by atomic mass is 19.1. The lowest BCUT2D eigenvalue weighted by Gasteiger charge is -2.17. The van der Waals surface area contributed by atoms with E-state index in [0.717, 1.165) is 29.3 Å². The highest BCUT2D eigenvalue weighted by molar-refractivity contribution is 6.27. The molecule has 2 amide bonds. The Labute approximate surface area is 156 Å². The zero-order valence-electron chi connectivity index (χ0n) is 15.0. The van der Waals surface area contributed by atoms with Crippen molar-refractivity contribution in [3.05, 3.63) is 71.5 Å². The van der Waals surface area contributed by atoms with Gasteiger partial charge in [-0.05, 0) is 42.8 Å². The first-order valence-electron chi connectivity index (χ1n) is 9.04. The molecule has 3 aromatic rings. The van der Waals surface area contributed by atoms with E-state index in [1.54, 1.807) is 17.0 Å². The molecule has 0 atom stereocenters. The second-order valence-corrected chi connectivity index (χ2v) is 6.64. The Bertz CT molecular complexity index is 1060. The Morgan fingerprint density at radius 1 is 1.11 bits per heavy atom. The number of hydrogen-bond acceptors (Lipinski definition) is 2. The fourth-order valence-electron chi connectivity index (χ4n) is 3.52. The summed E-state index contributed by atoms with van der Waals surface area (Å²) in [4.78, 5) is 27.1. The van der Waals surface area contributed by atoms with Crippen LogP contribution in [0.1, 0.15) is 40.5 Å². The molecular weight excluding hydrogens is 343 g/mol. The van der Waals surface area contributed by atoms with Crippen LogP contribution >= 0.6 is 0 Å². The van der Waals surface area contributed by atoms with Gasteiger partial charge in [0.05, 0.1) is 5.69 Å². The van der Waals surface area contributed by atoms with Crippen molar-refractivity contribution in [2.24, 2.45) is 0 Å². The first-order chi connectivity index (χ1) is 13.1. The van der Waals surface area contributed by atoms with Gasteiger partial charge in [-0.3, -0.25) is 9.59 Å². The third-order valence-corrected chi connectivity index (χ3v) is 4.86. The first kappa shape index (κ1) is 17.2. The Balaban J connectivity index is 1.74. The fraction of sp³-hybridized carbons (Fsp3) is 0.182. The fourth-order valence-corrected chi connectivity index (χ4v) is 3.52. The van der Waals surface area contributed by atoms with Crippen LogP contribution in [0, 0.1) is 5.82 Å². The van der Waals surface area contributed by atoms with Gasteiger partial charge in [0.15, 0.2) is 0 Å². The van der Waals surface area contributed by atoms with Gasteiger partial charge in [0, 0.05) is 34.1 Å². The Hall–Kier alpha value is -3.21. The van der Waals surface area contributed by atoms with E-state index < -0.39 is 5.82 Å². The number of nitrogens with zero attached hydrogens (tertiary/aromatic N) is 1. The SMILES string of the molecule is CCCCN1C(=O)c2cccc3c(NC(=O)c4cccc(F)c4)ccc1c23. The van der Waals surface area contributed by atoms with Crippen molar-refractivity contribution in [2.75, 3.05) is 16.8 Å². The summed E-state index contributed by atoms with van der Waals surface area (Å²) in [6.45, 7) is 2.77. The molecule has 0 aromatic heterocycles. The van der Waals surface area contributed by atoms with Crippen molar-refractivity contribution >= 4 is 34.0 Å². The van der Waals surface area contributed by atoms with Crippen LogP contribution in [0.25, 0.3) is 10.8 Å². The topological polar surface area (TPSA) is 49.4 Å². The van der Waals surface area contributed by atoms with Gasteiger partial charge in [0.25, 0.3) is 11.8 Å². The summed E-state index contributed by atoms with van der Waals surface area (Å²) in [5.41, 5.74) is 2.39. The molecule has 136 valence electrons. The number of carbonyl (C=O) groups is 2. The Morgan fingerprint density at radius 3 is 2.70 bits per heavy atom. The van der Waals surface area contributed by atoms with Crippen molar-refractivity contribution < 1.29 is 14.0 Å². The van der Waals surface area contributed by atoms with Crippen LogP contribution in [-0.4, -0.2) is 18.4 Å². The first-order valence-corrected chi connectivity index (χ1v) is 9.04. The zero-order chi connectivity index (χ0) is 19.0. The number of amides is 2. The second-order valence-electron chi connectivity index (χ2n) is 6.64. The van der Waals surface area contributed by atoms with Crippen LogP contribution in [0.2, 0.25) is 0 Å². The molecule has 1 N–H and O–H groups in total. The predicted molar refractivity (Wildman–Crippen MR) is 105 cm³/mol. The van der Waals surface area contributed by atoms with Gasteiger partial charge >= 0.3 is 0 Å². The lowest BCUT2D eigenvalue weighted by atomic mass is 10.0. The van der Waals surface area contributed by atoms with Crippen LogP contribution < -0.4 is 10.2 Å². The van der Waals surface area contributed by atoms with E-state index in [4.69, 9.17) is 0 Å². The molecule has 0 unspecified atom stereocenters. The molecule has 1 heterocycles. The molecule has 0 bridgehead atoms. The third kappa shape index (κ3) is 2.95. The molecule has 0 radical (unpaired) electrons. The molecule has 0 fully saturated rings. The van der Waals surface area contributed by atoms with Gasteiger partial charge in [-0.25, -0.2) is 4.39 Å². The molecule has 4 rings (SSSR count). The third-order valence-electron chi connectivity index (χ3n) is 4.86. The Kier molecular flexibility index (Phi) is 4.36. The van der Waals surface area contributed by atoms with Crippen molar-refractivity contribution in [1.29, 1.82) is 0 Å². The van der Waals surface area contributed by atoms with E-state index in [1.165, 1.54) is 18.2 Å². The monoisotopic (exact) mass is 362 g/mol. The second kappa shape index (κ2) is 6.83. The lowest BCUT2D eigenvalue weighted by molar-refractivity contribution is 0.0991. The number of unbranched alkanes of at least 4 members (excludes halogenated alkanes) is 1. The number of benzene rings is 3. The molecule has 4 nitrogen and oxygen atoms in total. The van der Waals surface area contributed by atoms with E-state index in [9.17, 15) is 14.0 Å². The Morgan fingerprint density at radius 2 is 1.93 bits per heavy atom. The standard InChI is InChI=1S/C22H19FN2O2/c1-2-3-12-25-19-11-10-18(16-8-5-9-17(20(16)19)22(25)27)24-21(26)14-6-4-7-15(23)13-14/h4-11,13H,2-3,12H2,1H3,(H,24,26). The van der Waals surface area contributed by atoms with Crippen molar-refractivity contribution in [3.8, 4) is 0 Å². The maximum atomic E-state index is 13.4. The molecule has 0 aliphatic carbocycles. The minimum absolute atomic E-state index is 0.00217. The van der Waals surface area contributed by atoms with Crippen LogP contribution in [-0.2, 0) is 0 Å². The molecule has 27 heavy (non-hydrogen) atoms. The van der Waals surface area contributed by atoms with Gasteiger partial charge in [-0.15, -0.1) is 0 Å². The number of anilines is 2. The maximum Gasteiger partial charge on any atom is 0.258 e. The van der Waals surface area contributed by atoms with Gasteiger partial charge in [0.1, 0.15) is 5.82 Å². The summed E-state index contributed by atoms with van der Waals surface area (Å²) in [7, 11) is 0. The molecule has 3 aromatic carbocycles. The van der Waals surface area contributed by atoms with Gasteiger partial charge in [-0.2, -0.15) is 0 Å². The molecule has 0 saturated heterocycles. The summed E-state index contributed by atoms with van der Waals surface area (Å²) >= 11 is 0. The molecule has 5 heteroatoms. The van der Waals surface area contributed by atoms with Gasteiger partial charge in [0.2, 0.25) is 0 Å². The van der Waals surface area contributed by atoms with Crippen LogP contribution in [0.4, 0.5) is 15.8 Å². The number of rotatable bonds is 5. The number of nitrogens with one attached hydrogen (secondary N) is 1. The maximum absolute atomic E-state index is 13.4. The molecule has 0 spiro atoms. The van der Waals surface area contributed by atoms with Crippen molar-refractivity contribution in [2.45, 2.75) is 19.8 Å². The largest absolute Gasteiger partial charge is 0.321 e. The smallest absolute Gasteiger partial charge is 0.258 e. The van der Waals surface area contributed by atoms with E-state index in [-0.39, 0.29) is 17.4 Å². The molecule has 0 saturated carbocycles. The average Bonchev–Trinajstić information content (AvgIpc) is 2.95. The highest BCUT2D eigenvalue weighted by Crippen LogP contribution is 2.40. The minimum Gasteiger partial charge on any atom is -0.321 e. The van der Waals surface area contributed by atoms with Gasteiger partial charge in [-0.1, -0.05) is 31.5 Å². The van der Waals surface area contributed by atoms with E-state index in [2.05, 4.69) is 12.2 Å². The summed E-state index contributed by atoms with van der Waals surface area (Å²) in [5.74, 6) is -0.847. The predicted octanol–water partition coefficient (Wildman–Crippen LogP) is 4.99. The number of halogens is 1. The normalized spacial score (nSPS) is 12.7. The van der Waals surface area contributed by atoms with E-state index >= 15 is 0 Å². The summed E-state index contributed by atoms with van der Waals surface area (Å²) in [6.07, 6.45) is 1.93. The molecule has 1 aliphatic rings. The summed E-state index contributed by atoms with van der Waals surface area (Å²) in [6, 6.07) is 14.8. The van der Waals surface area contributed by atoms with Gasteiger partial charge < -0.3 is 10.2 Å². The quantitative estimate of drug-likeness (QED) is 0.695. The lowest BCUT2D eigenvalue weighted by Crippen LogP contribution is -2.27. The van der Waals surface area contributed by atoms with E-state index in [0.29, 0.717) is 17.8 Å².